The summed E-state index contributed by atoms with van der Waals surface area (Å²) in [5, 5.41) is 2.87. The molecule has 0 radical (unpaired) electrons. The van der Waals surface area contributed by atoms with E-state index in [1.165, 1.54) is 60.2 Å². The van der Waals surface area contributed by atoms with Crippen molar-refractivity contribution in [2.24, 2.45) is 17.8 Å². The summed E-state index contributed by atoms with van der Waals surface area (Å²) in [6, 6.07) is 15.5. The minimum atomic E-state index is -3.61. The van der Waals surface area contributed by atoms with Gasteiger partial charge in [0.25, 0.3) is 0 Å². The number of nitrogens with one attached hydrogen (secondary N) is 1. The lowest BCUT2D eigenvalue weighted by Gasteiger charge is -2.57. The molecule has 2 aromatic carbocycles. The molecule has 5 nitrogen and oxygen atoms in total. The average molecular weight is 485 g/mol. The van der Waals surface area contributed by atoms with Gasteiger partial charge in [-0.05, 0) is 97.8 Å². The number of hydrogen-bond donors (Lipinski definition) is 1. The molecule has 4 aliphatic rings. The lowest BCUT2D eigenvalue weighted by molar-refractivity contribution is -0.114. The van der Waals surface area contributed by atoms with Crippen molar-refractivity contribution < 1.29 is 13.2 Å². The first-order chi connectivity index (χ1) is 15.8. The molecule has 1 N–H and O–H groups in total. The van der Waals surface area contributed by atoms with Crippen LogP contribution in [0.1, 0.15) is 44.1 Å². The SMILES string of the molecule is CSc1ccccc1NC(=O)CN(c1ccc(C23CC4CC(CC(C4)C2)C3)cc1)S(C)(=O)=O. The van der Waals surface area contributed by atoms with Crippen LogP contribution in [0.5, 0.6) is 0 Å². The van der Waals surface area contributed by atoms with E-state index < -0.39 is 10.0 Å². The zero-order valence-electron chi connectivity index (χ0n) is 19.3. The van der Waals surface area contributed by atoms with E-state index in [1.54, 1.807) is 0 Å². The Balaban J connectivity index is 1.35. The molecule has 33 heavy (non-hydrogen) atoms. The number of carbonyl (C=O) groups is 1. The molecular weight excluding hydrogens is 452 g/mol. The molecule has 4 aliphatic carbocycles. The molecule has 0 heterocycles. The normalized spacial score (nSPS) is 28.0. The Hall–Kier alpha value is -1.99. The quantitative estimate of drug-likeness (QED) is 0.543. The lowest BCUT2D eigenvalue weighted by atomic mass is 9.48. The van der Waals surface area contributed by atoms with Crippen LogP contribution < -0.4 is 9.62 Å². The van der Waals surface area contributed by atoms with Gasteiger partial charge >= 0.3 is 0 Å². The molecule has 176 valence electrons. The number of sulfonamides is 1. The lowest BCUT2D eigenvalue weighted by Crippen LogP contribution is -2.48. The number of anilines is 2. The first kappa shape index (κ1) is 22.8. The summed E-state index contributed by atoms with van der Waals surface area (Å²) in [4.78, 5) is 13.7. The molecule has 7 heteroatoms. The maximum Gasteiger partial charge on any atom is 0.245 e. The Kier molecular flexibility index (Phi) is 5.98. The van der Waals surface area contributed by atoms with E-state index in [9.17, 15) is 13.2 Å². The van der Waals surface area contributed by atoms with Gasteiger partial charge in [-0.2, -0.15) is 0 Å². The van der Waals surface area contributed by atoms with Crippen LogP contribution in [0.15, 0.2) is 53.4 Å². The third kappa shape index (κ3) is 4.54. The summed E-state index contributed by atoms with van der Waals surface area (Å²) in [6.45, 7) is -0.252. The highest BCUT2D eigenvalue weighted by Crippen LogP contribution is 2.60. The van der Waals surface area contributed by atoms with Crippen LogP contribution in [0, 0.1) is 17.8 Å². The topological polar surface area (TPSA) is 66.5 Å². The predicted octanol–water partition coefficient (Wildman–Crippen LogP) is 5.28. The molecule has 0 aliphatic heterocycles. The number of thioether (sulfide) groups is 1. The highest BCUT2D eigenvalue weighted by molar-refractivity contribution is 7.98. The summed E-state index contributed by atoms with van der Waals surface area (Å²) >= 11 is 1.54. The van der Waals surface area contributed by atoms with E-state index in [1.807, 2.05) is 42.7 Å². The van der Waals surface area contributed by atoms with Gasteiger partial charge in [-0.25, -0.2) is 8.42 Å². The predicted molar refractivity (Wildman–Crippen MR) is 135 cm³/mol. The minimum absolute atomic E-state index is 0.252. The van der Waals surface area contributed by atoms with Gasteiger partial charge in [0.2, 0.25) is 15.9 Å². The zero-order valence-corrected chi connectivity index (χ0v) is 20.9. The van der Waals surface area contributed by atoms with E-state index in [2.05, 4.69) is 17.4 Å². The first-order valence-electron chi connectivity index (χ1n) is 11.8. The number of hydrogen-bond acceptors (Lipinski definition) is 4. The van der Waals surface area contributed by atoms with Crippen molar-refractivity contribution in [3.05, 3.63) is 54.1 Å². The molecule has 0 unspecified atom stereocenters. The fourth-order valence-corrected chi connectivity index (χ4v) is 8.32. The van der Waals surface area contributed by atoms with Gasteiger partial charge in [0.1, 0.15) is 6.54 Å². The Morgan fingerprint density at radius 3 is 2.12 bits per heavy atom. The Morgan fingerprint density at radius 1 is 1.00 bits per heavy atom. The maximum absolute atomic E-state index is 12.8. The van der Waals surface area contributed by atoms with Crippen molar-refractivity contribution >= 4 is 39.1 Å². The van der Waals surface area contributed by atoms with Gasteiger partial charge in [0.15, 0.2) is 0 Å². The van der Waals surface area contributed by atoms with Gasteiger partial charge in [0.05, 0.1) is 17.6 Å². The van der Waals surface area contributed by atoms with E-state index in [-0.39, 0.29) is 17.9 Å². The van der Waals surface area contributed by atoms with Crippen molar-refractivity contribution in [1.29, 1.82) is 0 Å². The standard InChI is InChI=1S/C26H32N2O3S2/c1-32-24-6-4-3-5-23(24)27-25(29)17-28(33(2,30)31)22-9-7-21(8-10-22)26-14-18-11-19(15-26)13-20(12-18)16-26/h3-10,18-20H,11-17H2,1-2H3,(H,27,29). The van der Waals surface area contributed by atoms with Gasteiger partial charge in [0, 0.05) is 4.90 Å². The monoisotopic (exact) mass is 484 g/mol. The minimum Gasteiger partial charge on any atom is -0.323 e. The molecule has 6 rings (SSSR count). The van der Waals surface area contributed by atoms with Gasteiger partial charge in [-0.15, -0.1) is 11.8 Å². The second kappa shape index (κ2) is 8.66. The number of benzene rings is 2. The second-order valence-electron chi connectivity index (χ2n) is 10.3. The van der Waals surface area contributed by atoms with E-state index >= 15 is 0 Å². The third-order valence-corrected chi connectivity index (χ3v) is 9.81. The number of rotatable bonds is 7. The van der Waals surface area contributed by atoms with Crippen molar-refractivity contribution in [2.75, 3.05) is 28.7 Å². The average Bonchev–Trinajstić information content (AvgIpc) is 2.76. The molecule has 4 saturated carbocycles. The second-order valence-corrected chi connectivity index (χ2v) is 13.0. The van der Waals surface area contributed by atoms with Gasteiger partial charge in [-0.3, -0.25) is 9.10 Å². The fraction of sp³-hybridized carbons (Fsp3) is 0.500. The summed E-state index contributed by atoms with van der Waals surface area (Å²) in [6.07, 6.45) is 11.1. The molecule has 0 saturated heterocycles. The van der Waals surface area contributed by atoms with Crippen molar-refractivity contribution in [3.63, 3.8) is 0 Å². The number of nitrogens with zero attached hydrogens (tertiary/aromatic N) is 1. The largest absolute Gasteiger partial charge is 0.323 e. The highest BCUT2D eigenvalue weighted by Gasteiger charge is 2.51. The van der Waals surface area contributed by atoms with Crippen LogP contribution in [0.3, 0.4) is 0 Å². The van der Waals surface area contributed by atoms with Crippen LogP contribution in [0.4, 0.5) is 11.4 Å². The van der Waals surface area contributed by atoms with Crippen LogP contribution in [-0.2, 0) is 20.2 Å². The molecule has 4 fully saturated rings. The Bertz CT molecular complexity index is 1110. The van der Waals surface area contributed by atoms with Crippen molar-refractivity contribution in [3.8, 4) is 0 Å². The molecule has 2 aromatic rings. The summed E-state index contributed by atoms with van der Waals surface area (Å²) < 4.78 is 26.4. The Morgan fingerprint density at radius 2 is 1.58 bits per heavy atom. The van der Waals surface area contributed by atoms with E-state index in [0.717, 1.165) is 28.9 Å². The van der Waals surface area contributed by atoms with Crippen LogP contribution in [-0.4, -0.2) is 33.4 Å². The summed E-state index contributed by atoms with van der Waals surface area (Å²) in [7, 11) is -3.61. The van der Waals surface area contributed by atoms with Crippen LogP contribution in [0.25, 0.3) is 0 Å². The molecular formula is C26H32N2O3S2. The highest BCUT2D eigenvalue weighted by atomic mass is 32.2. The number of amides is 1. The molecule has 0 atom stereocenters. The van der Waals surface area contributed by atoms with Crippen molar-refractivity contribution in [1.82, 2.24) is 0 Å². The van der Waals surface area contributed by atoms with Crippen LogP contribution >= 0.6 is 11.8 Å². The molecule has 4 bridgehead atoms. The maximum atomic E-state index is 12.8. The van der Waals surface area contributed by atoms with E-state index in [4.69, 9.17) is 0 Å². The van der Waals surface area contributed by atoms with Gasteiger partial charge in [-0.1, -0.05) is 24.3 Å². The summed E-state index contributed by atoms with van der Waals surface area (Å²) in [5.74, 6) is 2.22. The number of carbonyl (C=O) groups excluding carboxylic acids is 1. The summed E-state index contributed by atoms with van der Waals surface area (Å²) in [5.41, 5.74) is 2.85. The third-order valence-electron chi connectivity index (χ3n) is 7.87. The Labute approximate surface area is 201 Å². The zero-order chi connectivity index (χ0) is 23.2. The van der Waals surface area contributed by atoms with Gasteiger partial charge < -0.3 is 5.32 Å². The first-order valence-corrected chi connectivity index (χ1v) is 14.8. The van der Waals surface area contributed by atoms with Crippen molar-refractivity contribution in [2.45, 2.75) is 48.8 Å². The van der Waals surface area contributed by atoms with Crippen LogP contribution in [0.2, 0.25) is 0 Å². The fourth-order valence-electron chi connectivity index (χ4n) is 6.91. The number of para-hydroxylation sites is 1. The smallest absolute Gasteiger partial charge is 0.245 e. The molecule has 0 aromatic heterocycles. The molecule has 0 spiro atoms. The molecule has 1 amide bonds. The van der Waals surface area contributed by atoms with E-state index in [0.29, 0.717) is 11.4 Å².